The SMILES string of the molecule is CC1CC(OP(=O)([O-])OC(=O)C2OC(C)CC2OC(C)C)C(O)(COC(C)C)C1. The predicted octanol–water partition coefficient (Wildman–Crippen LogP) is 1.94. The smallest absolute Gasteiger partial charge is 0.343 e. The fraction of sp³-hybridized carbons (Fsp3) is 0.947. The van der Waals surface area contributed by atoms with E-state index in [1.165, 1.54) is 0 Å². The van der Waals surface area contributed by atoms with Crippen LogP contribution in [0.3, 0.4) is 0 Å². The molecule has 0 bridgehead atoms. The lowest BCUT2D eigenvalue weighted by Gasteiger charge is -2.34. The van der Waals surface area contributed by atoms with Crippen molar-refractivity contribution in [3.8, 4) is 0 Å². The number of rotatable bonds is 9. The van der Waals surface area contributed by atoms with E-state index in [1.807, 2.05) is 34.6 Å². The van der Waals surface area contributed by atoms with Crippen LogP contribution in [0.15, 0.2) is 0 Å². The minimum Gasteiger partial charge on any atom is -0.746 e. The molecule has 7 unspecified atom stereocenters. The van der Waals surface area contributed by atoms with Crippen molar-refractivity contribution in [2.24, 2.45) is 5.92 Å². The van der Waals surface area contributed by atoms with Gasteiger partial charge in [-0.1, -0.05) is 6.92 Å². The van der Waals surface area contributed by atoms with Gasteiger partial charge in [0.15, 0.2) is 6.10 Å². The van der Waals surface area contributed by atoms with Crippen LogP contribution in [0.5, 0.6) is 0 Å². The van der Waals surface area contributed by atoms with Crippen molar-refractivity contribution in [1.29, 1.82) is 0 Å². The molecule has 9 nitrogen and oxygen atoms in total. The van der Waals surface area contributed by atoms with Crippen molar-refractivity contribution in [1.82, 2.24) is 0 Å². The first-order chi connectivity index (χ1) is 13.3. The summed E-state index contributed by atoms with van der Waals surface area (Å²) in [5.41, 5.74) is -1.47. The Bertz CT molecular complexity index is 610. The topological polar surface area (TPSA) is 124 Å². The lowest BCUT2D eigenvalue weighted by atomic mass is 10.0. The van der Waals surface area contributed by atoms with Gasteiger partial charge in [0.25, 0.3) is 0 Å². The second-order valence-electron chi connectivity index (χ2n) is 8.79. The lowest BCUT2D eigenvalue weighted by molar-refractivity contribution is -0.238. The molecule has 0 spiro atoms. The maximum Gasteiger partial charge on any atom is 0.343 e. The fourth-order valence-electron chi connectivity index (χ4n) is 3.87. The Morgan fingerprint density at radius 1 is 1.24 bits per heavy atom. The summed E-state index contributed by atoms with van der Waals surface area (Å²) < 4.78 is 38.8. The van der Waals surface area contributed by atoms with Gasteiger partial charge in [-0.25, -0.2) is 4.79 Å². The first-order valence-corrected chi connectivity index (χ1v) is 11.6. The summed E-state index contributed by atoms with van der Waals surface area (Å²) in [6, 6.07) is 0. The van der Waals surface area contributed by atoms with E-state index in [4.69, 9.17) is 18.7 Å². The van der Waals surface area contributed by atoms with Gasteiger partial charge in [0.05, 0.1) is 37.1 Å². The van der Waals surface area contributed by atoms with Gasteiger partial charge in [-0.2, -0.15) is 0 Å². The molecule has 0 radical (unpaired) electrons. The molecule has 10 heteroatoms. The molecule has 1 N–H and O–H groups in total. The van der Waals surface area contributed by atoms with Crippen LogP contribution in [-0.2, 0) is 32.6 Å². The van der Waals surface area contributed by atoms with E-state index in [0.717, 1.165) is 0 Å². The third kappa shape index (κ3) is 6.99. The highest BCUT2D eigenvalue weighted by Gasteiger charge is 2.48. The zero-order chi connectivity index (χ0) is 22.0. The highest BCUT2D eigenvalue weighted by molar-refractivity contribution is 7.46. The maximum absolute atomic E-state index is 12.4. The Morgan fingerprint density at radius 2 is 1.90 bits per heavy atom. The van der Waals surface area contributed by atoms with Gasteiger partial charge in [0.1, 0.15) is 5.60 Å². The van der Waals surface area contributed by atoms with Crippen molar-refractivity contribution >= 4 is 13.8 Å². The first kappa shape index (κ1) is 24.7. The van der Waals surface area contributed by atoms with Crippen LogP contribution in [0.1, 0.15) is 60.8 Å². The summed E-state index contributed by atoms with van der Waals surface area (Å²) in [6.45, 7) is 10.8. The molecule has 1 saturated heterocycles. The molecular formula is C19H34O9P-. The third-order valence-corrected chi connectivity index (χ3v) is 5.92. The average molecular weight is 437 g/mol. The Balaban J connectivity index is 2.02. The van der Waals surface area contributed by atoms with E-state index >= 15 is 0 Å². The molecule has 1 heterocycles. The number of carbonyl (C=O) groups excluding carboxylic acids is 1. The number of hydrogen-bond donors (Lipinski definition) is 1. The summed E-state index contributed by atoms with van der Waals surface area (Å²) in [5, 5.41) is 10.9. The molecule has 2 aliphatic rings. The number of carbonyl (C=O) groups is 1. The number of aliphatic hydroxyl groups is 1. The summed E-state index contributed by atoms with van der Waals surface area (Å²) in [7, 11) is -5.04. The Kier molecular flexibility index (Phi) is 8.29. The zero-order valence-corrected chi connectivity index (χ0v) is 18.9. The van der Waals surface area contributed by atoms with Gasteiger partial charge < -0.3 is 33.3 Å². The van der Waals surface area contributed by atoms with Crippen molar-refractivity contribution < 1.29 is 42.6 Å². The van der Waals surface area contributed by atoms with Gasteiger partial charge in [0, 0.05) is 6.42 Å². The molecule has 1 saturated carbocycles. The predicted molar refractivity (Wildman–Crippen MR) is 102 cm³/mol. The third-order valence-electron chi connectivity index (χ3n) is 5.00. The minimum absolute atomic E-state index is 0.0271. The van der Waals surface area contributed by atoms with Crippen LogP contribution >= 0.6 is 7.82 Å². The molecule has 2 rings (SSSR count). The zero-order valence-electron chi connectivity index (χ0n) is 18.0. The Labute approximate surface area is 172 Å². The highest BCUT2D eigenvalue weighted by Crippen LogP contribution is 2.48. The Morgan fingerprint density at radius 3 is 2.48 bits per heavy atom. The summed E-state index contributed by atoms with van der Waals surface area (Å²) in [6.07, 6.45) is -2.28. The monoisotopic (exact) mass is 437 g/mol. The number of phosphoric ester groups is 1. The van der Waals surface area contributed by atoms with E-state index in [2.05, 4.69) is 4.52 Å². The fourth-order valence-corrected chi connectivity index (χ4v) is 4.84. The molecule has 0 aromatic carbocycles. The summed E-state index contributed by atoms with van der Waals surface area (Å²) in [4.78, 5) is 24.9. The lowest BCUT2D eigenvalue weighted by Crippen LogP contribution is -2.45. The molecule has 1 aliphatic heterocycles. The van der Waals surface area contributed by atoms with E-state index in [-0.39, 0.29) is 30.8 Å². The van der Waals surface area contributed by atoms with Crippen LogP contribution < -0.4 is 4.89 Å². The molecule has 0 amide bonds. The number of phosphoric acid groups is 1. The molecule has 1 aliphatic carbocycles. The van der Waals surface area contributed by atoms with Crippen molar-refractivity contribution in [3.63, 3.8) is 0 Å². The van der Waals surface area contributed by atoms with E-state index in [0.29, 0.717) is 19.3 Å². The standard InChI is InChI=1S/C19H35O9P/c1-11(2)24-10-19(21)9-13(5)7-16(19)27-29(22,23)28-18(20)17-15(25-12(3)4)8-14(6)26-17/h11-17,21H,7-10H2,1-6H3,(H,22,23)/p-1. The van der Waals surface area contributed by atoms with Gasteiger partial charge in [-0.15, -0.1) is 0 Å². The van der Waals surface area contributed by atoms with Crippen molar-refractivity contribution in [2.75, 3.05) is 6.61 Å². The minimum atomic E-state index is -5.04. The van der Waals surface area contributed by atoms with E-state index < -0.39 is 37.7 Å². The second kappa shape index (κ2) is 9.73. The van der Waals surface area contributed by atoms with Crippen LogP contribution in [0.4, 0.5) is 0 Å². The summed E-state index contributed by atoms with van der Waals surface area (Å²) >= 11 is 0. The largest absolute Gasteiger partial charge is 0.746 e. The molecule has 2 fully saturated rings. The highest BCUT2D eigenvalue weighted by atomic mass is 31.2. The molecular weight excluding hydrogens is 403 g/mol. The Hall–Kier alpha value is -0.540. The molecule has 0 aromatic heterocycles. The van der Waals surface area contributed by atoms with Crippen LogP contribution in [0.25, 0.3) is 0 Å². The second-order valence-corrected chi connectivity index (χ2v) is 10.1. The molecule has 29 heavy (non-hydrogen) atoms. The molecule has 7 atom stereocenters. The van der Waals surface area contributed by atoms with Gasteiger partial charge in [-0.05, 0) is 53.4 Å². The molecule has 170 valence electrons. The van der Waals surface area contributed by atoms with Gasteiger partial charge in [0.2, 0.25) is 0 Å². The average Bonchev–Trinajstić information content (AvgIpc) is 3.03. The normalized spacial score (nSPS) is 37.2. The van der Waals surface area contributed by atoms with Crippen molar-refractivity contribution in [3.05, 3.63) is 0 Å². The van der Waals surface area contributed by atoms with E-state index in [9.17, 15) is 19.4 Å². The molecule has 0 aromatic rings. The number of ether oxygens (including phenoxy) is 3. The van der Waals surface area contributed by atoms with Crippen LogP contribution in [-0.4, -0.2) is 59.9 Å². The van der Waals surface area contributed by atoms with Crippen LogP contribution in [0, 0.1) is 5.92 Å². The van der Waals surface area contributed by atoms with Gasteiger partial charge in [-0.3, -0.25) is 4.57 Å². The first-order valence-electron chi connectivity index (χ1n) is 10.2. The maximum atomic E-state index is 12.4. The van der Waals surface area contributed by atoms with Crippen molar-refractivity contribution in [2.45, 2.75) is 103 Å². The number of hydrogen-bond acceptors (Lipinski definition) is 9. The van der Waals surface area contributed by atoms with Gasteiger partial charge >= 0.3 is 13.8 Å². The summed E-state index contributed by atoms with van der Waals surface area (Å²) in [5.74, 6) is -1.05. The van der Waals surface area contributed by atoms with Crippen LogP contribution in [0.2, 0.25) is 0 Å². The quantitative estimate of drug-likeness (QED) is 0.539. The van der Waals surface area contributed by atoms with E-state index in [1.54, 1.807) is 6.92 Å².